The Morgan fingerprint density at radius 1 is 1.17 bits per heavy atom. The molecule has 23 heavy (non-hydrogen) atoms. The Morgan fingerprint density at radius 3 is 2.87 bits per heavy atom. The number of ether oxygens (including phenoxy) is 1. The minimum absolute atomic E-state index is 0.639. The van der Waals surface area contributed by atoms with Gasteiger partial charge in [-0.3, -0.25) is 4.98 Å². The smallest absolute Gasteiger partial charge is 0.121 e. The third-order valence-corrected chi connectivity index (χ3v) is 5.05. The van der Waals surface area contributed by atoms with Gasteiger partial charge in [0.2, 0.25) is 0 Å². The van der Waals surface area contributed by atoms with Crippen molar-refractivity contribution in [2.24, 2.45) is 5.92 Å². The van der Waals surface area contributed by atoms with Crippen molar-refractivity contribution in [1.82, 2.24) is 10.3 Å². The van der Waals surface area contributed by atoms with Crippen LogP contribution < -0.4 is 15.0 Å². The number of anilines is 1. The summed E-state index contributed by atoms with van der Waals surface area (Å²) in [6.07, 6.45) is 5.26. The summed E-state index contributed by atoms with van der Waals surface area (Å²) in [5.74, 6) is 1.71. The molecule has 0 spiro atoms. The average molecular weight is 309 g/mol. The first kappa shape index (κ1) is 14.5. The molecule has 1 aromatic carbocycles. The highest BCUT2D eigenvalue weighted by molar-refractivity contribution is 5.69. The summed E-state index contributed by atoms with van der Waals surface area (Å²) in [7, 11) is 1.71. The van der Waals surface area contributed by atoms with Crippen molar-refractivity contribution in [2.75, 3.05) is 31.6 Å². The van der Waals surface area contributed by atoms with Crippen molar-refractivity contribution in [3.8, 4) is 16.9 Å². The lowest BCUT2D eigenvalue weighted by molar-refractivity contribution is 0.412. The van der Waals surface area contributed by atoms with Gasteiger partial charge in [0.05, 0.1) is 19.0 Å². The lowest BCUT2D eigenvalue weighted by atomic mass is 9.99. The fourth-order valence-electron chi connectivity index (χ4n) is 3.86. The van der Waals surface area contributed by atoms with Crippen molar-refractivity contribution in [2.45, 2.75) is 19.4 Å². The fourth-order valence-corrected chi connectivity index (χ4v) is 3.86. The summed E-state index contributed by atoms with van der Waals surface area (Å²) < 4.78 is 5.35. The van der Waals surface area contributed by atoms with Crippen molar-refractivity contribution >= 4 is 5.69 Å². The number of piperidine rings is 1. The minimum atomic E-state index is 0.639. The number of aromatic nitrogens is 1. The SMILES string of the molecule is COc1ccc(-c2cncc(N3CC4CNC(C4)C3)c2)cc1C. The lowest BCUT2D eigenvalue weighted by Crippen LogP contribution is -2.41. The van der Waals surface area contributed by atoms with Crippen LogP contribution in [0, 0.1) is 12.8 Å². The summed E-state index contributed by atoms with van der Waals surface area (Å²) in [6.45, 7) is 5.46. The number of methoxy groups -OCH3 is 1. The van der Waals surface area contributed by atoms with Crippen LogP contribution in [0.2, 0.25) is 0 Å². The molecule has 2 fully saturated rings. The second-order valence-corrected chi connectivity index (χ2v) is 6.73. The quantitative estimate of drug-likeness (QED) is 0.946. The number of nitrogens with one attached hydrogen (secondary N) is 1. The zero-order valence-corrected chi connectivity index (χ0v) is 13.7. The highest BCUT2D eigenvalue weighted by Gasteiger charge is 2.32. The Kier molecular flexibility index (Phi) is 3.69. The predicted octanol–water partition coefficient (Wildman–Crippen LogP) is 2.86. The van der Waals surface area contributed by atoms with E-state index in [-0.39, 0.29) is 0 Å². The monoisotopic (exact) mass is 309 g/mol. The van der Waals surface area contributed by atoms with Gasteiger partial charge in [-0.25, -0.2) is 0 Å². The first-order chi connectivity index (χ1) is 11.2. The number of rotatable bonds is 3. The van der Waals surface area contributed by atoms with Crippen LogP contribution in [0.1, 0.15) is 12.0 Å². The second-order valence-electron chi connectivity index (χ2n) is 6.73. The molecule has 2 aromatic rings. The molecule has 4 nitrogen and oxygen atoms in total. The van der Waals surface area contributed by atoms with Gasteiger partial charge in [-0.1, -0.05) is 6.07 Å². The molecule has 2 unspecified atom stereocenters. The zero-order chi connectivity index (χ0) is 15.8. The van der Waals surface area contributed by atoms with Crippen LogP contribution in [-0.4, -0.2) is 37.8 Å². The topological polar surface area (TPSA) is 37.4 Å². The molecule has 2 aliphatic rings. The molecule has 3 heterocycles. The lowest BCUT2D eigenvalue weighted by Gasteiger charge is -2.32. The van der Waals surface area contributed by atoms with Crippen LogP contribution >= 0.6 is 0 Å². The van der Waals surface area contributed by atoms with Crippen LogP contribution in [-0.2, 0) is 0 Å². The molecule has 0 aliphatic carbocycles. The van der Waals surface area contributed by atoms with Crippen LogP contribution in [0.3, 0.4) is 0 Å². The molecule has 2 aliphatic heterocycles. The standard InChI is InChI=1S/C19H23N3O/c1-13-5-15(3-4-19(13)23-2)16-7-18(10-20-9-16)22-11-14-6-17(12-22)21-8-14/h3-5,7,9-10,14,17,21H,6,8,11-12H2,1-2H3. The van der Waals surface area contributed by atoms with E-state index in [1.807, 2.05) is 18.5 Å². The Morgan fingerprint density at radius 2 is 2.09 bits per heavy atom. The summed E-state index contributed by atoms with van der Waals surface area (Å²) in [5.41, 5.74) is 4.74. The van der Waals surface area contributed by atoms with Crippen molar-refractivity contribution in [3.05, 3.63) is 42.2 Å². The number of fused-ring (bicyclic) bond motifs is 2. The number of nitrogens with zero attached hydrogens (tertiary/aromatic N) is 2. The van der Waals surface area contributed by atoms with Gasteiger partial charge < -0.3 is 15.0 Å². The normalized spacial score (nSPS) is 23.1. The van der Waals surface area contributed by atoms with Crippen molar-refractivity contribution < 1.29 is 4.74 Å². The molecule has 2 atom stereocenters. The van der Waals surface area contributed by atoms with Gasteiger partial charge >= 0.3 is 0 Å². The van der Waals surface area contributed by atoms with Gasteiger partial charge in [-0.05, 0) is 48.6 Å². The van der Waals surface area contributed by atoms with Crippen molar-refractivity contribution in [3.63, 3.8) is 0 Å². The van der Waals surface area contributed by atoms with Gasteiger partial charge in [0.1, 0.15) is 5.75 Å². The van der Waals surface area contributed by atoms with E-state index in [1.165, 1.54) is 23.2 Å². The van der Waals surface area contributed by atoms with Gasteiger partial charge in [0.25, 0.3) is 0 Å². The third kappa shape index (κ3) is 2.79. The number of hydrogen-bond acceptors (Lipinski definition) is 4. The first-order valence-corrected chi connectivity index (χ1v) is 8.31. The van der Waals surface area contributed by atoms with Crippen LogP contribution in [0.4, 0.5) is 5.69 Å². The number of hydrogen-bond donors (Lipinski definition) is 1. The van der Waals surface area contributed by atoms with E-state index in [0.717, 1.165) is 36.9 Å². The van der Waals surface area contributed by atoms with Crippen LogP contribution in [0.5, 0.6) is 5.75 Å². The molecule has 4 heteroatoms. The Bertz CT molecular complexity index is 704. The minimum Gasteiger partial charge on any atom is -0.496 e. The summed E-state index contributed by atoms with van der Waals surface area (Å²) in [5, 5.41) is 3.61. The molecular formula is C19H23N3O. The molecule has 2 saturated heterocycles. The molecule has 1 N–H and O–H groups in total. The number of benzene rings is 1. The van der Waals surface area contributed by atoms with E-state index in [4.69, 9.17) is 4.74 Å². The number of pyridine rings is 1. The van der Waals surface area contributed by atoms with Crippen LogP contribution in [0.15, 0.2) is 36.7 Å². The largest absolute Gasteiger partial charge is 0.496 e. The second kappa shape index (κ2) is 5.85. The summed E-state index contributed by atoms with van der Waals surface area (Å²) in [4.78, 5) is 6.96. The van der Waals surface area contributed by atoms with E-state index < -0.39 is 0 Å². The van der Waals surface area contributed by atoms with E-state index >= 15 is 0 Å². The molecule has 0 saturated carbocycles. The molecule has 4 rings (SSSR count). The van der Waals surface area contributed by atoms with E-state index in [2.05, 4.69) is 40.3 Å². The Labute approximate surface area is 137 Å². The fraction of sp³-hybridized carbons (Fsp3) is 0.421. The van der Waals surface area contributed by atoms with Crippen molar-refractivity contribution in [1.29, 1.82) is 0 Å². The maximum absolute atomic E-state index is 5.35. The maximum atomic E-state index is 5.35. The van der Waals surface area contributed by atoms with Crippen LogP contribution in [0.25, 0.3) is 11.1 Å². The third-order valence-electron chi connectivity index (χ3n) is 5.05. The Balaban J connectivity index is 1.62. The van der Waals surface area contributed by atoms with Gasteiger partial charge in [-0.15, -0.1) is 0 Å². The molecule has 2 bridgehead atoms. The summed E-state index contributed by atoms with van der Waals surface area (Å²) >= 11 is 0. The van der Waals surface area contributed by atoms with E-state index in [9.17, 15) is 0 Å². The summed E-state index contributed by atoms with van der Waals surface area (Å²) in [6, 6.07) is 9.21. The number of aryl methyl sites for hydroxylation is 1. The molecule has 0 radical (unpaired) electrons. The van der Waals surface area contributed by atoms with Gasteiger partial charge in [0.15, 0.2) is 0 Å². The van der Waals surface area contributed by atoms with E-state index in [0.29, 0.717) is 6.04 Å². The molecular weight excluding hydrogens is 286 g/mol. The molecule has 1 aromatic heterocycles. The van der Waals surface area contributed by atoms with Gasteiger partial charge in [0, 0.05) is 37.4 Å². The first-order valence-electron chi connectivity index (χ1n) is 8.31. The van der Waals surface area contributed by atoms with Gasteiger partial charge in [-0.2, -0.15) is 0 Å². The maximum Gasteiger partial charge on any atom is 0.121 e. The predicted molar refractivity (Wildman–Crippen MR) is 93.1 cm³/mol. The molecule has 120 valence electrons. The molecule has 0 amide bonds. The highest BCUT2D eigenvalue weighted by atomic mass is 16.5. The highest BCUT2D eigenvalue weighted by Crippen LogP contribution is 2.31. The Hall–Kier alpha value is -2.07. The zero-order valence-electron chi connectivity index (χ0n) is 13.7. The van der Waals surface area contributed by atoms with E-state index in [1.54, 1.807) is 7.11 Å². The average Bonchev–Trinajstić information content (AvgIpc) is 2.93.